The summed E-state index contributed by atoms with van der Waals surface area (Å²) in [6, 6.07) is 9.02. The second-order valence-electron chi connectivity index (χ2n) is 3.65. The molecule has 70 valence electrons. The van der Waals surface area contributed by atoms with Gasteiger partial charge in [-0.15, -0.1) is 11.6 Å². The maximum atomic E-state index is 13.5. The van der Waals surface area contributed by atoms with E-state index in [1.165, 1.54) is 6.07 Å². The largest absolute Gasteiger partial charge is 0.206 e. The van der Waals surface area contributed by atoms with Crippen LogP contribution in [0.1, 0.15) is 16.5 Å². The predicted molar refractivity (Wildman–Crippen MR) is 56.2 cm³/mol. The van der Waals surface area contributed by atoms with Crippen LogP contribution in [-0.2, 0) is 6.42 Å². The number of benzene rings is 2. The van der Waals surface area contributed by atoms with Gasteiger partial charge in [-0.2, -0.15) is 0 Å². The minimum Gasteiger partial charge on any atom is -0.206 e. The number of hydrogen-bond donors (Lipinski definition) is 0. The monoisotopic (exact) mass is 206 g/mol. The van der Waals surface area contributed by atoms with Crippen LogP contribution in [-0.4, -0.2) is 0 Å². The highest BCUT2D eigenvalue weighted by Crippen LogP contribution is 2.40. The Morgan fingerprint density at radius 2 is 2.07 bits per heavy atom. The molecule has 0 heterocycles. The van der Waals surface area contributed by atoms with E-state index in [9.17, 15) is 4.39 Å². The predicted octanol–water partition coefficient (Wildman–Crippen LogP) is 3.81. The summed E-state index contributed by atoms with van der Waals surface area (Å²) in [7, 11) is 0. The number of hydrogen-bond acceptors (Lipinski definition) is 0. The Hall–Kier alpha value is -1.08. The van der Waals surface area contributed by atoms with Crippen LogP contribution in [0.5, 0.6) is 0 Å². The molecule has 14 heavy (non-hydrogen) atoms. The fraction of sp³-hybridized carbons (Fsp3) is 0.167. The summed E-state index contributed by atoms with van der Waals surface area (Å²) in [5, 5.41) is 1.73. The summed E-state index contributed by atoms with van der Waals surface area (Å²) in [6.45, 7) is 0. The highest BCUT2D eigenvalue weighted by Gasteiger charge is 2.23. The Morgan fingerprint density at radius 3 is 2.93 bits per heavy atom. The van der Waals surface area contributed by atoms with Gasteiger partial charge >= 0.3 is 0 Å². The molecular weight excluding hydrogens is 199 g/mol. The van der Waals surface area contributed by atoms with Crippen LogP contribution in [0.2, 0.25) is 0 Å². The zero-order chi connectivity index (χ0) is 9.71. The van der Waals surface area contributed by atoms with Crippen LogP contribution < -0.4 is 0 Å². The van der Waals surface area contributed by atoms with Crippen LogP contribution in [0.15, 0.2) is 30.3 Å². The first-order valence-electron chi connectivity index (χ1n) is 4.61. The zero-order valence-corrected chi connectivity index (χ0v) is 8.18. The van der Waals surface area contributed by atoms with E-state index >= 15 is 0 Å². The minimum atomic E-state index is -0.156. The maximum Gasteiger partial charge on any atom is 0.131 e. The Kier molecular flexibility index (Phi) is 1.59. The topological polar surface area (TPSA) is 0 Å². The third kappa shape index (κ3) is 0.934. The van der Waals surface area contributed by atoms with Gasteiger partial charge in [0.1, 0.15) is 5.82 Å². The molecule has 0 aromatic heterocycles. The van der Waals surface area contributed by atoms with Gasteiger partial charge in [0.25, 0.3) is 0 Å². The highest BCUT2D eigenvalue weighted by atomic mass is 35.5. The van der Waals surface area contributed by atoms with Gasteiger partial charge in [-0.25, -0.2) is 4.39 Å². The fourth-order valence-electron chi connectivity index (χ4n) is 2.21. The Morgan fingerprint density at radius 1 is 1.21 bits per heavy atom. The van der Waals surface area contributed by atoms with Crippen molar-refractivity contribution in [1.82, 2.24) is 0 Å². The van der Waals surface area contributed by atoms with Crippen molar-refractivity contribution in [2.45, 2.75) is 11.8 Å². The quantitative estimate of drug-likeness (QED) is 0.575. The highest BCUT2D eigenvalue weighted by molar-refractivity contribution is 6.23. The van der Waals surface area contributed by atoms with E-state index < -0.39 is 0 Å². The van der Waals surface area contributed by atoms with Crippen molar-refractivity contribution >= 4 is 22.4 Å². The van der Waals surface area contributed by atoms with E-state index in [2.05, 4.69) is 0 Å². The lowest BCUT2D eigenvalue weighted by atomic mass is 10.0. The van der Waals surface area contributed by atoms with E-state index in [0.717, 1.165) is 22.9 Å². The number of rotatable bonds is 0. The van der Waals surface area contributed by atoms with E-state index in [1.54, 1.807) is 0 Å². The number of halogens is 2. The fourth-order valence-corrected chi connectivity index (χ4v) is 2.56. The Labute approximate surface area is 86.3 Å². The lowest BCUT2D eigenvalue weighted by molar-refractivity contribution is 0.639. The van der Waals surface area contributed by atoms with Crippen molar-refractivity contribution in [3.63, 3.8) is 0 Å². The molecule has 0 N–H and O–H groups in total. The van der Waals surface area contributed by atoms with Crippen molar-refractivity contribution in [2.75, 3.05) is 0 Å². The molecule has 0 nitrogen and oxygen atoms in total. The average molecular weight is 207 g/mol. The van der Waals surface area contributed by atoms with Gasteiger partial charge in [0.2, 0.25) is 0 Å². The summed E-state index contributed by atoms with van der Waals surface area (Å²) in [5.41, 5.74) is 2.23. The maximum absolute atomic E-state index is 13.5. The van der Waals surface area contributed by atoms with Gasteiger partial charge in [0.15, 0.2) is 0 Å². The number of alkyl halides is 1. The molecule has 0 fully saturated rings. The summed E-state index contributed by atoms with van der Waals surface area (Å²) in [6.07, 6.45) is 0.817. The molecule has 0 amide bonds. The van der Waals surface area contributed by atoms with E-state index in [1.807, 2.05) is 24.3 Å². The molecule has 2 aromatic rings. The van der Waals surface area contributed by atoms with Gasteiger partial charge in [-0.05, 0) is 29.0 Å². The second kappa shape index (κ2) is 2.71. The molecule has 3 rings (SSSR count). The van der Waals surface area contributed by atoms with Gasteiger partial charge in [0.05, 0.1) is 5.38 Å². The normalized spacial score (nSPS) is 19.1. The minimum absolute atomic E-state index is 0.00972. The molecular formula is C12H8ClF. The van der Waals surface area contributed by atoms with Gasteiger partial charge in [-0.3, -0.25) is 0 Å². The molecule has 0 bridgehead atoms. The first-order valence-corrected chi connectivity index (χ1v) is 5.05. The zero-order valence-electron chi connectivity index (χ0n) is 7.43. The standard InChI is InChI=1S/C12H8ClF/c13-10-6-7-4-5-11(14)9-3-1-2-8(10)12(7)9/h1-5,10H,6H2. The molecule has 2 heteroatoms. The lowest BCUT2D eigenvalue weighted by Gasteiger charge is -2.02. The van der Waals surface area contributed by atoms with E-state index in [-0.39, 0.29) is 11.2 Å². The van der Waals surface area contributed by atoms with Crippen molar-refractivity contribution in [2.24, 2.45) is 0 Å². The van der Waals surface area contributed by atoms with Crippen molar-refractivity contribution in [3.8, 4) is 0 Å². The van der Waals surface area contributed by atoms with E-state index in [0.29, 0.717) is 5.39 Å². The summed E-state index contributed by atoms with van der Waals surface area (Å²) >= 11 is 6.18. The second-order valence-corrected chi connectivity index (χ2v) is 4.17. The smallest absolute Gasteiger partial charge is 0.131 e. The summed E-state index contributed by atoms with van der Waals surface area (Å²) in [4.78, 5) is 0. The molecule has 2 aromatic carbocycles. The SMILES string of the molecule is Fc1ccc2c3c(cccc13)C(Cl)C2. The van der Waals surface area contributed by atoms with Gasteiger partial charge in [0, 0.05) is 5.39 Å². The summed E-state index contributed by atoms with van der Waals surface area (Å²) in [5.74, 6) is -0.156. The Balaban J connectivity index is 2.52. The molecule has 0 saturated heterocycles. The lowest BCUT2D eigenvalue weighted by Crippen LogP contribution is -1.83. The molecule has 1 aliphatic rings. The van der Waals surface area contributed by atoms with Crippen LogP contribution in [0.25, 0.3) is 10.8 Å². The first kappa shape index (κ1) is 8.25. The van der Waals surface area contributed by atoms with Crippen molar-refractivity contribution in [1.29, 1.82) is 0 Å². The Bertz CT molecular complexity index is 519. The first-order chi connectivity index (χ1) is 6.77. The van der Waals surface area contributed by atoms with Crippen LogP contribution >= 0.6 is 11.6 Å². The molecule has 1 aliphatic carbocycles. The molecule has 1 atom stereocenters. The van der Waals surface area contributed by atoms with Crippen molar-refractivity contribution < 1.29 is 4.39 Å². The van der Waals surface area contributed by atoms with E-state index in [4.69, 9.17) is 11.6 Å². The molecule has 0 aliphatic heterocycles. The third-order valence-corrected chi connectivity index (χ3v) is 3.23. The van der Waals surface area contributed by atoms with Gasteiger partial charge < -0.3 is 0 Å². The molecule has 0 spiro atoms. The summed E-state index contributed by atoms with van der Waals surface area (Å²) < 4.78 is 13.5. The third-order valence-electron chi connectivity index (χ3n) is 2.84. The molecule has 0 radical (unpaired) electrons. The molecule has 1 unspecified atom stereocenters. The van der Waals surface area contributed by atoms with Crippen LogP contribution in [0.4, 0.5) is 4.39 Å². The van der Waals surface area contributed by atoms with Crippen molar-refractivity contribution in [3.05, 3.63) is 47.3 Å². The van der Waals surface area contributed by atoms with Gasteiger partial charge in [-0.1, -0.05) is 24.3 Å². The van der Waals surface area contributed by atoms with Crippen LogP contribution in [0, 0.1) is 5.82 Å². The van der Waals surface area contributed by atoms with Crippen LogP contribution in [0.3, 0.4) is 0 Å². The average Bonchev–Trinajstić information content (AvgIpc) is 2.52. The molecule has 0 saturated carbocycles.